The van der Waals surface area contributed by atoms with Gasteiger partial charge in [0.1, 0.15) is 0 Å². The summed E-state index contributed by atoms with van der Waals surface area (Å²) < 4.78 is 1.30. The topological polar surface area (TPSA) is 3.24 Å². The van der Waals surface area contributed by atoms with E-state index in [-0.39, 0.29) is 0 Å². The molecule has 1 aliphatic rings. The minimum Gasteiger partial charge on any atom is -0.296 e. The lowest BCUT2D eigenvalue weighted by atomic mass is 9.97. The molecule has 1 atom stereocenters. The van der Waals surface area contributed by atoms with Crippen LogP contribution < -0.4 is 0 Å². The first-order valence-electron chi connectivity index (χ1n) is 6.74. The fraction of sp³-hybridized carbons (Fsp3) is 0.600. The minimum atomic E-state index is 0.832. The lowest BCUT2D eigenvalue weighted by Crippen LogP contribution is -2.38. The lowest BCUT2D eigenvalue weighted by Gasteiger charge is -2.35. The molecule has 0 unspecified atom stereocenters. The summed E-state index contributed by atoms with van der Waals surface area (Å²) in [6.07, 6.45) is 6.97. The van der Waals surface area contributed by atoms with Gasteiger partial charge in [0.05, 0.1) is 0 Å². The summed E-state index contributed by atoms with van der Waals surface area (Å²) in [5.41, 5.74) is 1.47. The summed E-state index contributed by atoms with van der Waals surface area (Å²) in [5, 5.41) is 0. The molecule has 0 amide bonds. The van der Waals surface area contributed by atoms with Crippen LogP contribution >= 0.6 is 22.6 Å². The number of alkyl halides is 1. The summed E-state index contributed by atoms with van der Waals surface area (Å²) >= 11 is 2.50. The van der Waals surface area contributed by atoms with Crippen molar-refractivity contribution in [2.24, 2.45) is 0 Å². The smallest absolute Gasteiger partial charge is 0.0236 e. The molecule has 0 spiro atoms. The van der Waals surface area contributed by atoms with Gasteiger partial charge >= 0.3 is 0 Å². The van der Waals surface area contributed by atoms with E-state index in [1.807, 2.05) is 0 Å². The Morgan fingerprint density at radius 2 is 2.00 bits per heavy atom. The third kappa shape index (κ3) is 4.25. The Bertz CT molecular complexity index is 312. The Labute approximate surface area is 119 Å². The maximum atomic E-state index is 2.70. The first-order chi connectivity index (χ1) is 8.40. The van der Waals surface area contributed by atoms with Gasteiger partial charge in [-0.25, -0.2) is 0 Å². The van der Waals surface area contributed by atoms with Gasteiger partial charge in [-0.3, -0.25) is 4.90 Å². The van der Waals surface area contributed by atoms with Gasteiger partial charge in [0, 0.05) is 12.6 Å². The number of hydrogen-bond donors (Lipinski definition) is 0. The van der Waals surface area contributed by atoms with Gasteiger partial charge in [-0.05, 0) is 42.2 Å². The van der Waals surface area contributed by atoms with Gasteiger partial charge in [0.25, 0.3) is 0 Å². The molecule has 17 heavy (non-hydrogen) atoms. The standard InChI is InChI=1S/C15H22IN/c16-11-6-10-15-9-4-5-12-17(15)13-14-7-2-1-3-8-14/h1-3,7-8,15H,4-6,9-13H2/t15-/m1/s1. The third-order valence-electron chi connectivity index (χ3n) is 3.65. The van der Waals surface area contributed by atoms with Crippen molar-refractivity contribution in [1.82, 2.24) is 4.90 Å². The van der Waals surface area contributed by atoms with Crippen molar-refractivity contribution < 1.29 is 0 Å². The fourth-order valence-corrected chi connectivity index (χ4v) is 3.17. The first-order valence-corrected chi connectivity index (χ1v) is 8.26. The molecule has 1 heterocycles. The maximum absolute atomic E-state index is 2.70. The van der Waals surface area contributed by atoms with E-state index in [0.717, 1.165) is 12.6 Å². The maximum Gasteiger partial charge on any atom is 0.0236 e. The second-order valence-corrected chi connectivity index (χ2v) is 6.02. The van der Waals surface area contributed by atoms with E-state index in [1.54, 1.807) is 0 Å². The zero-order valence-corrected chi connectivity index (χ0v) is 12.6. The Kier molecular flexibility index (Phi) is 5.78. The van der Waals surface area contributed by atoms with E-state index in [2.05, 4.69) is 57.8 Å². The predicted molar refractivity (Wildman–Crippen MR) is 82.6 cm³/mol. The molecule has 2 rings (SSSR count). The van der Waals surface area contributed by atoms with E-state index in [4.69, 9.17) is 0 Å². The normalized spacial score (nSPS) is 21.6. The molecule has 94 valence electrons. The summed E-state index contributed by atoms with van der Waals surface area (Å²) in [6, 6.07) is 11.7. The predicted octanol–water partition coefficient (Wildman–Crippen LogP) is 4.26. The summed E-state index contributed by atoms with van der Waals surface area (Å²) in [5.74, 6) is 0. The largest absolute Gasteiger partial charge is 0.296 e. The Balaban J connectivity index is 1.92. The molecule has 0 radical (unpaired) electrons. The quantitative estimate of drug-likeness (QED) is 0.571. The first kappa shape index (κ1) is 13.3. The van der Waals surface area contributed by atoms with Crippen LogP contribution in [0.3, 0.4) is 0 Å². The number of piperidine rings is 1. The number of hydrogen-bond acceptors (Lipinski definition) is 1. The molecule has 0 bridgehead atoms. The molecule has 1 fully saturated rings. The molecule has 0 N–H and O–H groups in total. The average Bonchev–Trinajstić information content (AvgIpc) is 2.39. The van der Waals surface area contributed by atoms with Crippen LogP contribution in [0.15, 0.2) is 30.3 Å². The molecule has 0 saturated carbocycles. The highest BCUT2D eigenvalue weighted by molar-refractivity contribution is 14.1. The van der Waals surface area contributed by atoms with E-state index < -0.39 is 0 Å². The molecule has 1 aliphatic heterocycles. The second-order valence-electron chi connectivity index (χ2n) is 4.94. The van der Waals surface area contributed by atoms with Crippen LogP contribution in [0.5, 0.6) is 0 Å². The van der Waals surface area contributed by atoms with Gasteiger partial charge in [-0.1, -0.05) is 59.3 Å². The van der Waals surface area contributed by atoms with Crippen molar-refractivity contribution in [3.05, 3.63) is 35.9 Å². The third-order valence-corrected chi connectivity index (χ3v) is 4.41. The van der Waals surface area contributed by atoms with Crippen LogP contribution in [-0.4, -0.2) is 21.9 Å². The van der Waals surface area contributed by atoms with Crippen LogP contribution in [-0.2, 0) is 6.54 Å². The van der Waals surface area contributed by atoms with Gasteiger partial charge in [-0.2, -0.15) is 0 Å². The van der Waals surface area contributed by atoms with Crippen molar-refractivity contribution in [2.75, 3.05) is 11.0 Å². The Morgan fingerprint density at radius 1 is 1.18 bits per heavy atom. The zero-order valence-electron chi connectivity index (χ0n) is 10.4. The van der Waals surface area contributed by atoms with Crippen molar-refractivity contribution >= 4 is 22.6 Å². The summed E-state index contributed by atoms with van der Waals surface area (Å²) in [6.45, 7) is 2.44. The van der Waals surface area contributed by atoms with Crippen LogP contribution in [0, 0.1) is 0 Å². The molecule has 1 aromatic carbocycles. The number of rotatable bonds is 5. The SMILES string of the molecule is ICCC[C@H]1CCCCN1Cc1ccccc1. The van der Waals surface area contributed by atoms with Crippen molar-refractivity contribution in [3.8, 4) is 0 Å². The van der Waals surface area contributed by atoms with E-state index in [9.17, 15) is 0 Å². The van der Waals surface area contributed by atoms with Gasteiger partial charge in [0.2, 0.25) is 0 Å². The van der Waals surface area contributed by atoms with E-state index >= 15 is 0 Å². The zero-order chi connectivity index (χ0) is 11.9. The van der Waals surface area contributed by atoms with Crippen molar-refractivity contribution in [2.45, 2.75) is 44.7 Å². The summed E-state index contributed by atoms with van der Waals surface area (Å²) in [4.78, 5) is 2.70. The summed E-state index contributed by atoms with van der Waals surface area (Å²) in [7, 11) is 0. The molecular weight excluding hydrogens is 321 g/mol. The van der Waals surface area contributed by atoms with Gasteiger partial charge in [-0.15, -0.1) is 0 Å². The number of likely N-dealkylation sites (tertiary alicyclic amines) is 1. The molecule has 1 nitrogen and oxygen atoms in total. The minimum absolute atomic E-state index is 0.832. The van der Waals surface area contributed by atoms with Crippen LogP contribution in [0.4, 0.5) is 0 Å². The van der Waals surface area contributed by atoms with Crippen molar-refractivity contribution in [3.63, 3.8) is 0 Å². The molecule has 1 saturated heterocycles. The Morgan fingerprint density at radius 3 is 2.76 bits per heavy atom. The lowest BCUT2D eigenvalue weighted by molar-refractivity contribution is 0.132. The number of nitrogens with zero attached hydrogens (tertiary/aromatic N) is 1. The van der Waals surface area contributed by atoms with Crippen LogP contribution in [0.2, 0.25) is 0 Å². The molecule has 2 heteroatoms. The van der Waals surface area contributed by atoms with E-state index in [0.29, 0.717) is 0 Å². The molecule has 0 aliphatic carbocycles. The van der Waals surface area contributed by atoms with Crippen molar-refractivity contribution in [1.29, 1.82) is 0 Å². The monoisotopic (exact) mass is 343 g/mol. The highest BCUT2D eigenvalue weighted by atomic mass is 127. The fourth-order valence-electron chi connectivity index (χ4n) is 2.73. The number of benzene rings is 1. The molecular formula is C15H22IN. The highest BCUT2D eigenvalue weighted by Gasteiger charge is 2.21. The highest BCUT2D eigenvalue weighted by Crippen LogP contribution is 2.23. The van der Waals surface area contributed by atoms with E-state index in [1.165, 1.54) is 48.6 Å². The molecule has 0 aromatic heterocycles. The van der Waals surface area contributed by atoms with Crippen LogP contribution in [0.1, 0.15) is 37.7 Å². The average molecular weight is 343 g/mol. The van der Waals surface area contributed by atoms with Crippen LogP contribution in [0.25, 0.3) is 0 Å². The molecule has 1 aromatic rings. The number of halogens is 1. The van der Waals surface area contributed by atoms with Gasteiger partial charge in [0.15, 0.2) is 0 Å². The second kappa shape index (κ2) is 7.37. The van der Waals surface area contributed by atoms with Gasteiger partial charge < -0.3 is 0 Å². The Hall–Kier alpha value is -0.0900.